The third kappa shape index (κ3) is 4.97. The molecule has 14 heteroatoms. The summed E-state index contributed by atoms with van der Waals surface area (Å²) in [5, 5.41) is 9.57. The predicted molar refractivity (Wildman–Crippen MR) is 169 cm³/mol. The van der Waals surface area contributed by atoms with Crippen molar-refractivity contribution in [3.63, 3.8) is 0 Å². The van der Waals surface area contributed by atoms with E-state index in [4.69, 9.17) is 24.9 Å². The number of hydrogen-bond acceptors (Lipinski definition) is 9. The van der Waals surface area contributed by atoms with Crippen LogP contribution in [0.2, 0.25) is 0 Å². The number of ether oxygens (including phenoxy) is 1. The molecule has 5 aromatic heterocycles. The lowest BCUT2D eigenvalue weighted by Gasteiger charge is -2.19. The fraction of sp³-hybridized carbons (Fsp3) is 0.0606. The van der Waals surface area contributed by atoms with Crippen molar-refractivity contribution in [2.24, 2.45) is 0 Å². The van der Waals surface area contributed by atoms with Gasteiger partial charge in [-0.25, -0.2) is 27.7 Å². The molecule has 47 heavy (non-hydrogen) atoms. The predicted octanol–water partition coefficient (Wildman–Crippen LogP) is 6.15. The van der Waals surface area contributed by atoms with Gasteiger partial charge in [0, 0.05) is 48.2 Å². The fourth-order valence-corrected chi connectivity index (χ4v) is 5.32. The highest BCUT2D eigenvalue weighted by atomic mass is 19.1. The molecule has 0 bridgehead atoms. The van der Waals surface area contributed by atoms with Crippen LogP contribution in [0.5, 0.6) is 5.75 Å². The average Bonchev–Trinajstić information content (AvgIpc) is 3.84. The second-order valence-corrected chi connectivity index (χ2v) is 10.5. The highest BCUT2D eigenvalue weighted by molar-refractivity contribution is 5.79. The van der Waals surface area contributed by atoms with Gasteiger partial charge in [-0.2, -0.15) is 9.97 Å². The summed E-state index contributed by atoms with van der Waals surface area (Å²) in [6, 6.07) is 17.6. The number of anilines is 3. The van der Waals surface area contributed by atoms with Crippen LogP contribution in [0.15, 0.2) is 104 Å². The molecule has 5 heterocycles. The maximum absolute atomic E-state index is 13.7. The summed E-state index contributed by atoms with van der Waals surface area (Å²) in [6.07, 6.45) is 10.2. The molecule has 0 radical (unpaired) electrons. The van der Waals surface area contributed by atoms with E-state index in [1.807, 2.05) is 35.9 Å². The van der Waals surface area contributed by atoms with Crippen molar-refractivity contribution in [1.82, 2.24) is 48.7 Å². The van der Waals surface area contributed by atoms with Gasteiger partial charge in [0.2, 0.25) is 0 Å². The molecule has 0 spiro atoms. The lowest BCUT2D eigenvalue weighted by atomic mass is 10.1. The molecule has 0 fully saturated rings. The minimum atomic E-state index is -0.357. The topological polar surface area (TPSA) is 116 Å². The monoisotopic (exact) mass is 627 g/mol. The van der Waals surface area contributed by atoms with Crippen molar-refractivity contribution < 1.29 is 13.5 Å². The van der Waals surface area contributed by atoms with Crippen LogP contribution < -0.4 is 9.64 Å². The zero-order valence-electron chi connectivity index (χ0n) is 24.9. The SMILES string of the molecule is COc1cc(N(c2nc3c(-c4ccc(F)cc4)nccn3n2)c2nc3c(-c4ccc(F)cc4)nccn3n2)ccc1-n1cnc(C)c1. The van der Waals surface area contributed by atoms with Crippen LogP contribution in [0.25, 0.3) is 39.5 Å². The molecule has 0 aliphatic carbocycles. The Kier molecular flexibility index (Phi) is 6.60. The lowest BCUT2D eigenvalue weighted by Crippen LogP contribution is -2.14. The molecule has 0 unspecified atom stereocenters. The quantitative estimate of drug-likeness (QED) is 0.205. The van der Waals surface area contributed by atoms with Gasteiger partial charge in [-0.05, 0) is 67.6 Å². The Labute approximate surface area is 265 Å². The van der Waals surface area contributed by atoms with Crippen LogP contribution in [0.3, 0.4) is 0 Å². The highest BCUT2D eigenvalue weighted by Gasteiger charge is 2.25. The molecule has 8 rings (SSSR count). The second kappa shape index (κ2) is 11.1. The Bertz CT molecular complexity index is 2280. The zero-order chi connectivity index (χ0) is 32.1. The van der Waals surface area contributed by atoms with Gasteiger partial charge in [0.1, 0.15) is 28.8 Å². The maximum atomic E-state index is 13.7. The summed E-state index contributed by atoms with van der Waals surface area (Å²) in [5.74, 6) is 0.317. The molecule has 0 amide bonds. The summed E-state index contributed by atoms with van der Waals surface area (Å²) in [5.41, 5.74) is 5.48. The molecule has 0 atom stereocenters. The summed E-state index contributed by atoms with van der Waals surface area (Å²) >= 11 is 0. The number of halogens is 2. The minimum absolute atomic E-state index is 0.238. The van der Waals surface area contributed by atoms with Gasteiger partial charge in [0.05, 0.1) is 30.5 Å². The van der Waals surface area contributed by atoms with Gasteiger partial charge in [0.25, 0.3) is 11.9 Å². The molecular weight excluding hydrogens is 604 g/mol. The van der Waals surface area contributed by atoms with Crippen molar-refractivity contribution in [1.29, 1.82) is 0 Å². The Balaban J connectivity index is 1.32. The molecule has 0 aliphatic rings. The molecule has 0 N–H and O–H groups in total. The summed E-state index contributed by atoms with van der Waals surface area (Å²) in [7, 11) is 1.59. The largest absolute Gasteiger partial charge is 0.494 e. The number of fused-ring (bicyclic) bond motifs is 2. The van der Waals surface area contributed by atoms with E-state index < -0.39 is 0 Å². The van der Waals surface area contributed by atoms with E-state index in [0.29, 0.717) is 45.2 Å². The molecule has 8 aromatic rings. The van der Waals surface area contributed by atoms with E-state index in [1.54, 1.807) is 76.4 Å². The van der Waals surface area contributed by atoms with Gasteiger partial charge in [-0.15, -0.1) is 10.2 Å². The van der Waals surface area contributed by atoms with Crippen molar-refractivity contribution in [3.8, 4) is 34.0 Å². The van der Waals surface area contributed by atoms with Gasteiger partial charge in [-0.3, -0.25) is 9.97 Å². The molecule has 0 saturated heterocycles. The summed E-state index contributed by atoms with van der Waals surface area (Å²) in [4.78, 5) is 24.8. The van der Waals surface area contributed by atoms with Crippen molar-refractivity contribution in [2.75, 3.05) is 12.0 Å². The molecular formula is C33H23F2N11O. The Morgan fingerprint density at radius 3 is 1.74 bits per heavy atom. The number of nitrogens with zero attached hydrogens (tertiary/aromatic N) is 11. The van der Waals surface area contributed by atoms with Crippen LogP contribution in [0, 0.1) is 18.6 Å². The molecule has 230 valence electrons. The van der Waals surface area contributed by atoms with Crippen LogP contribution in [0.1, 0.15) is 5.69 Å². The maximum Gasteiger partial charge on any atom is 0.257 e. The van der Waals surface area contributed by atoms with Crippen molar-refractivity contribution in [3.05, 3.63) is 121 Å². The number of rotatable bonds is 7. The van der Waals surface area contributed by atoms with Crippen molar-refractivity contribution in [2.45, 2.75) is 6.92 Å². The lowest BCUT2D eigenvalue weighted by molar-refractivity contribution is 0.413. The van der Waals surface area contributed by atoms with E-state index >= 15 is 0 Å². The normalized spacial score (nSPS) is 11.4. The first-order valence-corrected chi connectivity index (χ1v) is 14.4. The number of benzene rings is 3. The molecule has 3 aromatic carbocycles. The van der Waals surface area contributed by atoms with E-state index in [1.165, 1.54) is 24.3 Å². The van der Waals surface area contributed by atoms with Crippen molar-refractivity contribution >= 4 is 28.9 Å². The Morgan fingerprint density at radius 1 is 0.702 bits per heavy atom. The smallest absolute Gasteiger partial charge is 0.257 e. The average molecular weight is 628 g/mol. The summed E-state index contributed by atoms with van der Waals surface area (Å²) < 4.78 is 38.3. The fourth-order valence-electron chi connectivity index (χ4n) is 5.32. The summed E-state index contributed by atoms with van der Waals surface area (Å²) in [6.45, 7) is 1.91. The van der Waals surface area contributed by atoms with Crippen LogP contribution in [-0.4, -0.2) is 55.8 Å². The first kappa shape index (κ1) is 27.9. The number of methoxy groups -OCH3 is 1. The van der Waals surface area contributed by atoms with Gasteiger partial charge < -0.3 is 9.30 Å². The minimum Gasteiger partial charge on any atom is -0.494 e. The molecule has 0 aliphatic heterocycles. The molecule has 0 saturated carbocycles. The number of imidazole rings is 1. The number of aromatic nitrogens is 10. The standard InChI is InChI=1S/C33H23F2N11O/c1-20-18-43(19-38-20)26-12-11-25(17-27(26)47-2)46(32-39-30-28(36-13-15-44(30)41-32)21-3-7-23(34)8-4-21)33-40-31-29(37-14-16-45(31)42-33)22-5-9-24(35)10-6-22/h3-19H,1-2H3. The van der Waals surface area contributed by atoms with Crippen LogP contribution >= 0.6 is 0 Å². The first-order valence-electron chi connectivity index (χ1n) is 14.4. The van der Waals surface area contributed by atoms with Crippen LogP contribution in [0.4, 0.5) is 26.4 Å². The van der Waals surface area contributed by atoms with E-state index in [2.05, 4.69) is 15.0 Å². The second-order valence-electron chi connectivity index (χ2n) is 10.5. The number of hydrogen-bond donors (Lipinski definition) is 0. The zero-order valence-corrected chi connectivity index (χ0v) is 24.9. The number of aryl methyl sites for hydroxylation is 1. The Hall–Kier alpha value is -6.57. The third-order valence-corrected chi connectivity index (χ3v) is 7.53. The van der Waals surface area contributed by atoms with E-state index in [-0.39, 0.29) is 23.5 Å². The van der Waals surface area contributed by atoms with Gasteiger partial charge in [-0.1, -0.05) is 0 Å². The highest BCUT2D eigenvalue weighted by Crippen LogP contribution is 2.37. The van der Waals surface area contributed by atoms with E-state index in [0.717, 1.165) is 11.4 Å². The van der Waals surface area contributed by atoms with E-state index in [9.17, 15) is 8.78 Å². The van der Waals surface area contributed by atoms with Crippen LogP contribution in [-0.2, 0) is 0 Å². The molecule has 12 nitrogen and oxygen atoms in total. The van der Waals surface area contributed by atoms with Gasteiger partial charge >= 0.3 is 0 Å². The Morgan fingerprint density at radius 2 is 1.26 bits per heavy atom. The first-order chi connectivity index (χ1) is 22.9. The van der Waals surface area contributed by atoms with Gasteiger partial charge in [0.15, 0.2) is 11.3 Å². The third-order valence-electron chi connectivity index (χ3n) is 7.53.